The van der Waals surface area contributed by atoms with Crippen LogP contribution < -0.4 is 5.32 Å². The minimum absolute atomic E-state index is 0.0208. The fourth-order valence-corrected chi connectivity index (χ4v) is 2.31. The second-order valence-corrected chi connectivity index (χ2v) is 5.38. The first kappa shape index (κ1) is 15.2. The number of hydrogen-bond donors (Lipinski definition) is 1. The molecule has 0 radical (unpaired) electrons. The molecule has 0 bridgehead atoms. The first-order valence-corrected chi connectivity index (χ1v) is 7.43. The Morgan fingerprint density at radius 3 is 2.78 bits per heavy atom. The van der Waals surface area contributed by atoms with Crippen molar-refractivity contribution in [1.82, 2.24) is 10.2 Å². The monoisotopic (exact) mass is 327 g/mol. The molecule has 0 spiro atoms. The van der Waals surface area contributed by atoms with E-state index in [9.17, 15) is 4.79 Å². The maximum Gasteiger partial charge on any atom is 0.249 e. The zero-order valence-electron chi connectivity index (χ0n) is 12.4. The number of halogens is 1. The van der Waals surface area contributed by atoms with E-state index in [2.05, 4.69) is 15.5 Å². The van der Waals surface area contributed by atoms with Crippen LogP contribution in [-0.4, -0.2) is 16.0 Å². The van der Waals surface area contributed by atoms with Gasteiger partial charge in [-0.2, -0.15) is 0 Å². The maximum atomic E-state index is 11.4. The summed E-state index contributed by atoms with van der Waals surface area (Å²) in [5, 5.41) is 11.7. The van der Waals surface area contributed by atoms with Gasteiger partial charge in [-0.25, -0.2) is 0 Å². The highest BCUT2D eigenvalue weighted by molar-refractivity contribution is 6.33. The maximum absolute atomic E-state index is 11.4. The van der Waals surface area contributed by atoms with Gasteiger partial charge in [0, 0.05) is 11.3 Å². The third kappa shape index (κ3) is 3.57. The zero-order chi connectivity index (χ0) is 16.2. The average Bonchev–Trinajstić information content (AvgIpc) is 3.02. The van der Waals surface area contributed by atoms with Gasteiger partial charge in [-0.05, 0) is 31.2 Å². The highest BCUT2D eigenvalue weighted by atomic mass is 35.5. The van der Waals surface area contributed by atoms with Crippen LogP contribution in [0.15, 0.2) is 52.9 Å². The number of carbonyl (C=O) groups is 1. The summed E-state index contributed by atoms with van der Waals surface area (Å²) in [4.78, 5) is 11.4. The Morgan fingerprint density at radius 1 is 1.17 bits per heavy atom. The molecule has 3 aromatic rings. The molecule has 1 N–H and O–H groups in total. The van der Waals surface area contributed by atoms with E-state index in [1.807, 2.05) is 30.3 Å². The van der Waals surface area contributed by atoms with Gasteiger partial charge in [-0.15, -0.1) is 10.2 Å². The van der Waals surface area contributed by atoms with E-state index in [0.717, 1.165) is 5.69 Å². The summed E-state index contributed by atoms with van der Waals surface area (Å²) in [6, 6.07) is 14.5. The van der Waals surface area contributed by atoms with E-state index in [0.29, 0.717) is 34.5 Å². The predicted molar refractivity (Wildman–Crippen MR) is 88.5 cm³/mol. The van der Waals surface area contributed by atoms with Crippen molar-refractivity contribution in [2.24, 2.45) is 0 Å². The van der Waals surface area contributed by atoms with Gasteiger partial charge < -0.3 is 9.73 Å². The third-order valence-electron chi connectivity index (χ3n) is 3.28. The lowest BCUT2D eigenvalue weighted by Crippen LogP contribution is -2.01. The number of nitrogens with one attached hydrogen (secondary N) is 1. The number of ketones is 1. The number of nitrogens with zero attached hydrogens (tertiary/aromatic N) is 2. The molecule has 1 heterocycles. The van der Waals surface area contributed by atoms with Gasteiger partial charge in [0.1, 0.15) is 0 Å². The van der Waals surface area contributed by atoms with Crippen LogP contribution in [0.1, 0.15) is 23.2 Å². The second kappa shape index (κ2) is 6.62. The second-order valence-electron chi connectivity index (χ2n) is 4.97. The van der Waals surface area contributed by atoms with Crippen LogP contribution in [0.2, 0.25) is 5.02 Å². The number of benzene rings is 2. The molecule has 6 heteroatoms. The third-order valence-corrected chi connectivity index (χ3v) is 3.61. The summed E-state index contributed by atoms with van der Waals surface area (Å²) in [6.45, 7) is 1.89. The largest absolute Gasteiger partial charge is 0.419 e. The summed E-state index contributed by atoms with van der Waals surface area (Å²) < 4.78 is 5.61. The summed E-state index contributed by atoms with van der Waals surface area (Å²) in [6.07, 6.45) is 0. The molecule has 0 fully saturated rings. The molecule has 0 aliphatic heterocycles. The van der Waals surface area contributed by atoms with Crippen molar-refractivity contribution in [1.29, 1.82) is 0 Å². The predicted octanol–water partition coefficient (Wildman–Crippen LogP) is 4.20. The van der Waals surface area contributed by atoms with Crippen LogP contribution in [0.4, 0.5) is 5.69 Å². The number of rotatable bonds is 5. The standard InChI is InChI=1S/C17H14ClN3O2/c1-11(22)12-5-4-6-13(9-12)19-10-16-20-21-17(23-16)14-7-2-3-8-15(14)18/h2-9,19H,10H2,1H3. The molecule has 0 aliphatic rings. The average molecular weight is 328 g/mol. The Morgan fingerprint density at radius 2 is 2.00 bits per heavy atom. The Labute approximate surface area is 138 Å². The molecular weight excluding hydrogens is 314 g/mol. The molecule has 23 heavy (non-hydrogen) atoms. The number of carbonyl (C=O) groups excluding carboxylic acids is 1. The topological polar surface area (TPSA) is 68.0 Å². The molecule has 5 nitrogen and oxygen atoms in total. The fraction of sp³-hybridized carbons (Fsp3) is 0.118. The molecule has 1 aromatic heterocycles. The van der Waals surface area contributed by atoms with Gasteiger partial charge in [0.2, 0.25) is 11.8 Å². The van der Waals surface area contributed by atoms with Gasteiger partial charge in [0.15, 0.2) is 5.78 Å². The van der Waals surface area contributed by atoms with Crippen molar-refractivity contribution in [3.63, 3.8) is 0 Å². The van der Waals surface area contributed by atoms with Gasteiger partial charge in [0.25, 0.3) is 0 Å². The molecule has 3 rings (SSSR count). The zero-order valence-corrected chi connectivity index (χ0v) is 13.2. The molecule has 0 aliphatic carbocycles. The number of Topliss-reactive ketones (excluding diaryl/α,β-unsaturated/α-hetero) is 1. The van der Waals surface area contributed by atoms with E-state index in [-0.39, 0.29) is 5.78 Å². The van der Waals surface area contributed by atoms with Gasteiger partial charge in [0.05, 0.1) is 17.1 Å². The van der Waals surface area contributed by atoms with Crippen LogP contribution in [0.25, 0.3) is 11.5 Å². The van der Waals surface area contributed by atoms with Gasteiger partial charge in [-0.1, -0.05) is 35.9 Å². The van der Waals surface area contributed by atoms with Crippen molar-refractivity contribution in [3.05, 3.63) is 65.0 Å². The SMILES string of the molecule is CC(=O)c1cccc(NCc2nnc(-c3ccccc3Cl)o2)c1. The first-order valence-electron chi connectivity index (χ1n) is 7.05. The summed E-state index contributed by atoms with van der Waals surface area (Å²) in [5.41, 5.74) is 2.17. The van der Waals surface area contributed by atoms with Crippen LogP contribution in [0.5, 0.6) is 0 Å². The lowest BCUT2D eigenvalue weighted by molar-refractivity contribution is 0.101. The Bertz CT molecular complexity index is 845. The number of hydrogen-bond acceptors (Lipinski definition) is 5. The molecular formula is C17H14ClN3O2. The Kier molecular flexibility index (Phi) is 4.39. The van der Waals surface area contributed by atoms with E-state index < -0.39 is 0 Å². The van der Waals surface area contributed by atoms with Crippen molar-refractivity contribution < 1.29 is 9.21 Å². The Hall–Kier alpha value is -2.66. The van der Waals surface area contributed by atoms with E-state index >= 15 is 0 Å². The van der Waals surface area contributed by atoms with Crippen LogP contribution in [-0.2, 0) is 6.54 Å². The first-order chi connectivity index (χ1) is 11.1. The molecule has 116 valence electrons. The molecule has 0 atom stereocenters. The van der Waals surface area contributed by atoms with Gasteiger partial charge in [-0.3, -0.25) is 4.79 Å². The van der Waals surface area contributed by atoms with Crippen LogP contribution in [0, 0.1) is 0 Å². The fourth-order valence-electron chi connectivity index (χ4n) is 2.09. The van der Waals surface area contributed by atoms with E-state index in [1.54, 1.807) is 18.2 Å². The highest BCUT2D eigenvalue weighted by Gasteiger charge is 2.11. The summed E-state index contributed by atoms with van der Waals surface area (Å²) in [5.74, 6) is 0.838. The van der Waals surface area contributed by atoms with Gasteiger partial charge >= 0.3 is 0 Å². The molecule has 0 saturated heterocycles. The van der Waals surface area contributed by atoms with Crippen molar-refractivity contribution >= 4 is 23.1 Å². The molecule has 0 amide bonds. The number of anilines is 1. The molecule has 2 aromatic carbocycles. The van der Waals surface area contributed by atoms with Crippen LogP contribution in [0.3, 0.4) is 0 Å². The minimum atomic E-state index is 0.0208. The summed E-state index contributed by atoms with van der Waals surface area (Å²) >= 11 is 6.11. The normalized spacial score (nSPS) is 10.5. The lowest BCUT2D eigenvalue weighted by atomic mass is 10.1. The lowest BCUT2D eigenvalue weighted by Gasteiger charge is -2.04. The minimum Gasteiger partial charge on any atom is -0.419 e. The highest BCUT2D eigenvalue weighted by Crippen LogP contribution is 2.26. The molecule has 0 unspecified atom stereocenters. The van der Waals surface area contributed by atoms with Crippen molar-refractivity contribution in [2.75, 3.05) is 5.32 Å². The van der Waals surface area contributed by atoms with E-state index in [4.69, 9.17) is 16.0 Å². The Balaban J connectivity index is 1.72. The molecule has 0 saturated carbocycles. The van der Waals surface area contributed by atoms with Crippen molar-refractivity contribution in [2.45, 2.75) is 13.5 Å². The summed E-state index contributed by atoms with van der Waals surface area (Å²) in [7, 11) is 0. The van der Waals surface area contributed by atoms with Crippen LogP contribution >= 0.6 is 11.6 Å². The smallest absolute Gasteiger partial charge is 0.249 e. The number of aromatic nitrogens is 2. The quantitative estimate of drug-likeness (QED) is 0.711. The van der Waals surface area contributed by atoms with E-state index in [1.165, 1.54) is 6.92 Å². The van der Waals surface area contributed by atoms with Crippen molar-refractivity contribution in [3.8, 4) is 11.5 Å².